The molecular formula is C22H14Cl2FNO2. The minimum absolute atomic E-state index is 0.132. The third-order valence-corrected chi connectivity index (χ3v) is 4.88. The van der Waals surface area contributed by atoms with Crippen LogP contribution in [-0.2, 0) is 11.4 Å². The Morgan fingerprint density at radius 1 is 1.00 bits per heavy atom. The van der Waals surface area contributed by atoms with Gasteiger partial charge in [-0.25, -0.2) is 4.39 Å². The summed E-state index contributed by atoms with van der Waals surface area (Å²) in [5.74, 6) is -0.207. The lowest BCUT2D eigenvalue weighted by molar-refractivity contribution is -0.110. The lowest BCUT2D eigenvalue weighted by Gasteiger charge is -2.11. The molecule has 1 heterocycles. The van der Waals surface area contributed by atoms with E-state index in [9.17, 15) is 9.18 Å². The number of rotatable bonds is 4. The van der Waals surface area contributed by atoms with E-state index in [1.807, 2.05) is 24.3 Å². The summed E-state index contributed by atoms with van der Waals surface area (Å²) >= 11 is 12.7. The Balaban J connectivity index is 1.60. The van der Waals surface area contributed by atoms with Gasteiger partial charge in [0.15, 0.2) is 5.75 Å². The van der Waals surface area contributed by atoms with Crippen molar-refractivity contribution < 1.29 is 13.9 Å². The highest BCUT2D eigenvalue weighted by molar-refractivity contribution is 6.38. The van der Waals surface area contributed by atoms with Crippen LogP contribution < -0.4 is 10.1 Å². The smallest absolute Gasteiger partial charge is 0.256 e. The molecule has 0 unspecified atom stereocenters. The van der Waals surface area contributed by atoms with E-state index in [0.717, 1.165) is 11.3 Å². The topological polar surface area (TPSA) is 38.3 Å². The number of amides is 1. The minimum atomic E-state index is -0.338. The first kappa shape index (κ1) is 18.5. The summed E-state index contributed by atoms with van der Waals surface area (Å²) in [6.45, 7) is 0.132. The third kappa shape index (κ3) is 3.75. The van der Waals surface area contributed by atoms with E-state index in [0.29, 0.717) is 32.5 Å². The number of fused-ring (bicyclic) bond motifs is 1. The van der Waals surface area contributed by atoms with Gasteiger partial charge < -0.3 is 10.1 Å². The Morgan fingerprint density at radius 2 is 1.75 bits per heavy atom. The molecule has 0 saturated heterocycles. The van der Waals surface area contributed by atoms with Crippen LogP contribution in [0.25, 0.3) is 11.6 Å². The average Bonchev–Trinajstić information content (AvgIpc) is 2.97. The van der Waals surface area contributed by atoms with E-state index < -0.39 is 0 Å². The molecule has 0 spiro atoms. The van der Waals surface area contributed by atoms with Crippen molar-refractivity contribution in [2.45, 2.75) is 6.61 Å². The highest BCUT2D eigenvalue weighted by atomic mass is 35.5. The van der Waals surface area contributed by atoms with Crippen LogP contribution in [0.1, 0.15) is 16.7 Å². The Hall–Kier alpha value is -2.82. The van der Waals surface area contributed by atoms with Crippen molar-refractivity contribution in [1.29, 1.82) is 0 Å². The first-order chi connectivity index (χ1) is 13.5. The van der Waals surface area contributed by atoms with Crippen LogP contribution in [0, 0.1) is 5.82 Å². The zero-order chi connectivity index (χ0) is 19.7. The van der Waals surface area contributed by atoms with Crippen molar-refractivity contribution in [3.8, 4) is 5.75 Å². The second-order valence-corrected chi connectivity index (χ2v) is 7.10. The van der Waals surface area contributed by atoms with Gasteiger partial charge in [-0.15, -0.1) is 0 Å². The van der Waals surface area contributed by atoms with Gasteiger partial charge in [-0.3, -0.25) is 4.79 Å². The molecule has 3 nitrogen and oxygen atoms in total. The molecule has 28 heavy (non-hydrogen) atoms. The molecule has 1 amide bonds. The molecule has 6 heteroatoms. The second-order valence-electron chi connectivity index (χ2n) is 6.29. The first-order valence-corrected chi connectivity index (χ1v) is 9.25. The SMILES string of the molecule is O=C1Nc2ccccc2/C1=C\c1cc(Cl)c(OCc2cccc(F)c2)c(Cl)c1. The number of nitrogens with one attached hydrogen (secondary N) is 1. The molecule has 1 N–H and O–H groups in total. The van der Waals surface area contributed by atoms with Crippen molar-refractivity contribution in [3.05, 3.63) is 93.2 Å². The quantitative estimate of drug-likeness (QED) is 0.516. The monoisotopic (exact) mass is 413 g/mol. The standard InChI is InChI=1S/C22H14Cl2FNO2/c23-18-10-14(9-17-16-6-1-2-7-20(16)26-22(17)27)11-19(24)21(18)28-12-13-4-3-5-15(25)8-13/h1-11H,12H2,(H,26,27)/b17-9+. The van der Waals surface area contributed by atoms with Gasteiger partial charge in [0.25, 0.3) is 5.91 Å². The van der Waals surface area contributed by atoms with Gasteiger partial charge in [-0.1, -0.05) is 53.5 Å². The Bertz CT molecular complexity index is 1090. The largest absolute Gasteiger partial charge is 0.486 e. The summed E-state index contributed by atoms with van der Waals surface area (Å²) < 4.78 is 19.0. The third-order valence-electron chi connectivity index (χ3n) is 4.31. The summed E-state index contributed by atoms with van der Waals surface area (Å²) in [6.07, 6.45) is 1.73. The molecule has 1 aliphatic rings. The number of halogens is 3. The van der Waals surface area contributed by atoms with Crippen molar-refractivity contribution in [3.63, 3.8) is 0 Å². The lowest BCUT2D eigenvalue weighted by atomic mass is 10.0. The molecular weight excluding hydrogens is 400 g/mol. The number of benzene rings is 3. The zero-order valence-corrected chi connectivity index (χ0v) is 16.0. The second kappa shape index (κ2) is 7.66. The predicted octanol–water partition coefficient (Wildman–Crippen LogP) is 6.20. The van der Waals surface area contributed by atoms with Crippen molar-refractivity contribution in [2.24, 2.45) is 0 Å². The number of hydrogen-bond acceptors (Lipinski definition) is 2. The van der Waals surface area contributed by atoms with Gasteiger partial charge >= 0.3 is 0 Å². The van der Waals surface area contributed by atoms with Crippen LogP contribution in [0.3, 0.4) is 0 Å². The number of para-hydroxylation sites is 1. The van der Waals surface area contributed by atoms with Crippen molar-refractivity contribution >= 4 is 46.4 Å². The molecule has 0 aliphatic carbocycles. The van der Waals surface area contributed by atoms with E-state index in [4.69, 9.17) is 27.9 Å². The van der Waals surface area contributed by atoms with Crippen LogP contribution in [-0.4, -0.2) is 5.91 Å². The summed E-state index contributed by atoms with van der Waals surface area (Å²) in [7, 11) is 0. The summed E-state index contributed by atoms with van der Waals surface area (Å²) in [5.41, 5.74) is 3.47. The van der Waals surface area contributed by atoms with E-state index in [1.165, 1.54) is 12.1 Å². The fraction of sp³-hybridized carbons (Fsp3) is 0.0455. The first-order valence-electron chi connectivity index (χ1n) is 8.50. The molecule has 0 bridgehead atoms. The minimum Gasteiger partial charge on any atom is -0.486 e. The molecule has 3 aromatic carbocycles. The van der Waals surface area contributed by atoms with E-state index >= 15 is 0 Å². The van der Waals surface area contributed by atoms with Gasteiger partial charge in [-0.2, -0.15) is 0 Å². The molecule has 140 valence electrons. The highest BCUT2D eigenvalue weighted by Gasteiger charge is 2.23. The molecule has 0 fully saturated rings. The number of hydrogen-bond donors (Lipinski definition) is 1. The fourth-order valence-electron chi connectivity index (χ4n) is 3.03. The van der Waals surface area contributed by atoms with Crippen molar-refractivity contribution in [1.82, 2.24) is 0 Å². The lowest BCUT2D eigenvalue weighted by Crippen LogP contribution is -2.03. The zero-order valence-electron chi connectivity index (χ0n) is 14.5. The Labute approximate surface area is 171 Å². The molecule has 0 radical (unpaired) electrons. The van der Waals surface area contributed by atoms with Crippen LogP contribution in [0.4, 0.5) is 10.1 Å². The van der Waals surface area contributed by atoms with Crippen molar-refractivity contribution in [2.75, 3.05) is 5.32 Å². The Morgan fingerprint density at radius 3 is 2.50 bits per heavy atom. The molecule has 1 aliphatic heterocycles. The highest BCUT2D eigenvalue weighted by Crippen LogP contribution is 2.37. The van der Waals surface area contributed by atoms with Crippen LogP contribution in [0.15, 0.2) is 60.7 Å². The van der Waals surface area contributed by atoms with E-state index in [-0.39, 0.29) is 18.3 Å². The number of ether oxygens (including phenoxy) is 1. The van der Waals surface area contributed by atoms with Gasteiger partial charge in [0.2, 0.25) is 0 Å². The van der Waals surface area contributed by atoms with E-state index in [1.54, 1.807) is 30.3 Å². The number of carbonyl (C=O) groups excluding carboxylic acids is 1. The summed E-state index contributed by atoms with van der Waals surface area (Å²) in [5, 5.41) is 3.44. The summed E-state index contributed by atoms with van der Waals surface area (Å²) in [6, 6.07) is 16.9. The van der Waals surface area contributed by atoms with Crippen LogP contribution >= 0.6 is 23.2 Å². The fourth-order valence-corrected chi connectivity index (χ4v) is 3.64. The Kier molecular flexibility index (Phi) is 5.07. The number of anilines is 1. The maximum absolute atomic E-state index is 13.3. The van der Waals surface area contributed by atoms with Gasteiger partial charge in [-0.05, 0) is 47.5 Å². The van der Waals surface area contributed by atoms with Gasteiger partial charge in [0.05, 0.1) is 10.0 Å². The van der Waals surface area contributed by atoms with Gasteiger partial charge in [0.1, 0.15) is 12.4 Å². The summed E-state index contributed by atoms with van der Waals surface area (Å²) in [4.78, 5) is 12.3. The van der Waals surface area contributed by atoms with E-state index in [2.05, 4.69) is 5.32 Å². The number of carbonyl (C=O) groups is 1. The van der Waals surface area contributed by atoms with Crippen LogP contribution in [0.2, 0.25) is 10.0 Å². The normalized spacial score (nSPS) is 14.1. The molecule has 3 aromatic rings. The molecule has 0 saturated carbocycles. The van der Waals surface area contributed by atoms with Crippen LogP contribution in [0.5, 0.6) is 5.75 Å². The molecule has 4 rings (SSSR count). The molecule has 0 atom stereocenters. The van der Waals surface area contributed by atoms with Gasteiger partial charge in [0, 0.05) is 16.8 Å². The maximum atomic E-state index is 13.3. The molecule has 0 aromatic heterocycles. The predicted molar refractivity (Wildman–Crippen MR) is 110 cm³/mol. The average molecular weight is 414 g/mol. The maximum Gasteiger partial charge on any atom is 0.256 e.